The Morgan fingerprint density at radius 1 is 1.22 bits per heavy atom. The molecule has 0 amide bonds. The summed E-state index contributed by atoms with van der Waals surface area (Å²) in [5, 5.41) is 22.4. The van der Waals surface area contributed by atoms with Gasteiger partial charge in [0.15, 0.2) is 0 Å². The molecule has 1 heterocycles. The van der Waals surface area contributed by atoms with E-state index in [-0.39, 0.29) is 24.4 Å². The Hall–Kier alpha value is -2.20. The number of anilines is 3. The van der Waals surface area contributed by atoms with E-state index in [1.807, 2.05) is 0 Å². The lowest BCUT2D eigenvalue weighted by Gasteiger charge is -2.14. The Morgan fingerprint density at radius 3 is 2.11 bits per heavy atom. The quantitative estimate of drug-likeness (QED) is 0.452. The summed E-state index contributed by atoms with van der Waals surface area (Å²) in [7, 11) is 3.86. The first kappa shape index (κ1) is 13.9. The summed E-state index contributed by atoms with van der Waals surface area (Å²) < 4.78 is 4.44. The maximum atomic E-state index is 10.9. The Kier molecular flexibility index (Phi) is 4.57. The molecule has 1 rings (SSSR count). The fourth-order valence-electron chi connectivity index (χ4n) is 0.946. The van der Waals surface area contributed by atoms with Crippen molar-refractivity contribution in [2.45, 2.75) is 0 Å². The van der Waals surface area contributed by atoms with Gasteiger partial charge in [0.25, 0.3) is 11.9 Å². The van der Waals surface area contributed by atoms with Gasteiger partial charge in [-0.3, -0.25) is 15.2 Å². The van der Waals surface area contributed by atoms with Gasteiger partial charge in [0.2, 0.25) is 5.95 Å². The molecule has 0 aliphatic rings. The van der Waals surface area contributed by atoms with Crippen molar-refractivity contribution in [1.82, 2.24) is 15.0 Å². The smallest absolute Gasteiger partial charge is 0.325 e. The number of rotatable bonds is 5. The second-order valence-corrected chi connectivity index (χ2v) is 3.24. The Labute approximate surface area is 103 Å². The van der Waals surface area contributed by atoms with Crippen LogP contribution in [0.4, 0.5) is 17.8 Å². The average molecular weight is 258 g/mol. The largest absolute Gasteiger partial charge is 0.468 e. The van der Waals surface area contributed by atoms with E-state index in [0.717, 1.165) is 0 Å². The predicted molar refractivity (Wildman–Crippen MR) is 60.7 cm³/mol. The fraction of sp³-hybridized carbons (Fsp3) is 0.500. The molecule has 100 valence electrons. The average Bonchev–Trinajstić information content (AvgIpc) is 2.35. The molecule has 0 atom stereocenters. The molecule has 0 saturated carbocycles. The minimum Gasteiger partial charge on any atom is -0.468 e. The van der Waals surface area contributed by atoms with Gasteiger partial charge in [-0.1, -0.05) is 0 Å². The van der Waals surface area contributed by atoms with Crippen molar-refractivity contribution < 1.29 is 19.9 Å². The van der Waals surface area contributed by atoms with Crippen LogP contribution in [0.5, 0.6) is 0 Å². The van der Waals surface area contributed by atoms with Crippen molar-refractivity contribution in [2.24, 2.45) is 0 Å². The lowest BCUT2D eigenvalue weighted by atomic mass is 10.6. The van der Waals surface area contributed by atoms with E-state index in [2.05, 4.69) is 25.0 Å². The van der Waals surface area contributed by atoms with E-state index >= 15 is 0 Å². The van der Waals surface area contributed by atoms with Crippen molar-refractivity contribution in [3.63, 3.8) is 0 Å². The summed E-state index contributed by atoms with van der Waals surface area (Å²) in [6, 6.07) is 0. The van der Waals surface area contributed by atoms with Crippen LogP contribution < -0.4 is 15.4 Å². The second-order valence-electron chi connectivity index (χ2n) is 3.24. The first-order valence-electron chi connectivity index (χ1n) is 4.86. The maximum absolute atomic E-state index is 10.9. The number of carbonyl (C=O) groups excluding carboxylic acids is 1. The molecule has 0 fully saturated rings. The highest BCUT2D eigenvalue weighted by Gasteiger charge is 2.12. The van der Waals surface area contributed by atoms with E-state index < -0.39 is 5.97 Å². The number of methoxy groups -OCH3 is 1. The highest BCUT2D eigenvalue weighted by atomic mass is 16.5. The molecule has 0 radical (unpaired) electrons. The third-order valence-corrected chi connectivity index (χ3v) is 1.81. The van der Waals surface area contributed by atoms with Gasteiger partial charge in [-0.15, -0.1) is 0 Å². The van der Waals surface area contributed by atoms with E-state index in [1.54, 1.807) is 0 Å². The second kappa shape index (κ2) is 5.93. The fourth-order valence-corrected chi connectivity index (χ4v) is 0.946. The Morgan fingerprint density at radius 2 is 1.72 bits per heavy atom. The van der Waals surface area contributed by atoms with Crippen LogP contribution in [-0.4, -0.2) is 59.1 Å². The third-order valence-electron chi connectivity index (χ3n) is 1.81. The van der Waals surface area contributed by atoms with Crippen molar-refractivity contribution >= 4 is 23.8 Å². The van der Waals surface area contributed by atoms with E-state index in [0.29, 0.717) is 10.1 Å². The number of hydrogen-bond acceptors (Lipinski definition) is 10. The summed E-state index contributed by atoms with van der Waals surface area (Å²) in [6.45, 7) is -0.149. The van der Waals surface area contributed by atoms with Gasteiger partial charge in [0, 0.05) is 14.1 Å². The van der Waals surface area contributed by atoms with Gasteiger partial charge < -0.3 is 10.1 Å². The predicted octanol–water partition coefficient (Wildman–Crippen LogP) is -0.893. The molecule has 0 unspecified atom stereocenters. The van der Waals surface area contributed by atoms with E-state index in [4.69, 9.17) is 0 Å². The van der Waals surface area contributed by atoms with Gasteiger partial charge in [-0.2, -0.15) is 15.0 Å². The minimum atomic E-state index is -0.506. The van der Waals surface area contributed by atoms with Crippen molar-refractivity contribution in [3.8, 4) is 0 Å². The highest BCUT2D eigenvalue weighted by Crippen LogP contribution is 2.12. The van der Waals surface area contributed by atoms with Gasteiger partial charge in [0.1, 0.15) is 6.54 Å². The molecule has 0 aliphatic carbocycles. The number of carbonyl (C=O) groups is 1. The van der Waals surface area contributed by atoms with Crippen LogP contribution in [0.2, 0.25) is 0 Å². The number of esters is 1. The van der Waals surface area contributed by atoms with Gasteiger partial charge in [-0.05, 0) is 0 Å². The van der Waals surface area contributed by atoms with Crippen molar-refractivity contribution in [1.29, 1.82) is 0 Å². The normalized spacial score (nSPS) is 9.83. The number of ether oxygens (including phenoxy) is 1. The third kappa shape index (κ3) is 3.68. The molecular weight excluding hydrogens is 244 g/mol. The molecule has 1 aromatic heterocycles. The minimum absolute atomic E-state index is 0.0159. The zero-order valence-electron chi connectivity index (χ0n) is 10.2. The van der Waals surface area contributed by atoms with Crippen LogP contribution in [0.3, 0.4) is 0 Å². The molecular formula is C8H14N6O4. The molecule has 18 heavy (non-hydrogen) atoms. The van der Waals surface area contributed by atoms with Gasteiger partial charge in [-0.25, -0.2) is 10.1 Å². The first-order chi connectivity index (χ1) is 8.43. The molecule has 0 aliphatic heterocycles. The summed E-state index contributed by atoms with van der Waals surface area (Å²) in [5.74, 6) is -0.669. The number of aromatic nitrogens is 3. The van der Waals surface area contributed by atoms with Crippen molar-refractivity contribution in [3.05, 3.63) is 0 Å². The lowest BCUT2D eigenvalue weighted by Crippen LogP contribution is -2.22. The van der Waals surface area contributed by atoms with Gasteiger partial charge >= 0.3 is 5.97 Å². The summed E-state index contributed by atoms with van der Waals surface area (Å²) in [5.41, 5.74) is 0. The Balaban J connectivity index is 2.92. The van der Waals surface area contributed by atoms with E-state index in [9.17, 15) is 15.2 Å². The Bertz CT molecular complexity index is 398. The number of hydroxylamine groups is 2. The zero-order valence-corrected chi connectivity index (χ0v) is 10.2. The molecule has 10 nitrogen and oxygen atoms in total. The summed E-state index contributed by atoms with van der Waals surface area (Å²) in [6.07, 6.45) is 0. The molecule has 0 saturated heterocycles. The van der Waals surface area contributed by atoms with Crippen LogP contribution in [0.15, 0.2) is 0 Å². The monoisotopic (exact) mass is 258 g/mol. The molecule has 3 N–H and O–H groups in total. The maximum Gasteiger partial charge on any atom is 0.325 e. The van der Waals surface area contributed by atoms with Crippen LogP contribution in [-0.2, 0) is 9.53 Å². The standard InChI is InChI=1S/C8H14N6O4/c1-13(16)7-10-6(9-4-5(15)18-3)11-8(12-7)14(2)17/h16-17H,4H2,1-3H3,(H,9,10,11,12). The zero-order chi connectivity index (χ0) is 13.7. The van der Waals surface area contributed by atoms with Crippen LogP contribution in [0.25, 0.3) is 0 Å². The van der Waals surface area contributed by atoms with Crippen LogP contribution in [0.1, 0.15) is 0 Å². The molecule has 0 spiro atoms. The SMILES string of the molecule is COC(=O)CNc1nc(N(C)O)nc(N(C)O)n1. The van der Waals surface area contributed by atoms with Gasteiger partial charge in [0.05, 0.1) is 7.11 Å². The number of nitrogens with one attached hydrogen (secondary N) is 1. The molecule has 0 aromatic carbocycles. The molecule has 1 aromatic rings. The van der Waals surface area contributed by atoms with E-state index in [1.165, 1.54) is 21.2 Å². The lowest BCUT2D eigenvalue weighted by molar-refractivity contribution is -0.138. The molecule has 0 bridgehead atoms. The topological polar surface area (TPSA) is 124 Å². The first-order valence-corrected chi connectivity index (χ1v) is 4.86. The van der Waals surface area contributed by atoms with Crippen LogP contribution >= 0.6 is 0 Å². The van der Waals surface area contributed by atoms with Crippen LogP contribution in [0, 0.1) is 0 Å². The highest BCUT2D eigenvalue weighted by molar-refractivity contribution is 5.74. The summed E-state index contributed by atoms with van der Waals surface area (Å²) in [4.78, 5) is 22.3. The number of hydrogen-bond donors (Lipinski definition) is 3. The number of nitrogens with zero attached hydrogens (tertiary/aromatic N) is 5. The summed E-state index contributed by atoms with van der Waals surface area (Å²) >= 11 is 0. The molecule has 10 heteroatoms. The van der Waals surface area contributed by atoms with Crippen molar-refractivity contribution in [2.75, 3.05) is 43.2 Å².